The van der Waals surface area contributed by atoms with Gasteiger partial charge in [-0.3, -0.25) is 0 Å². The maximum absolute atomic E-state index is 5.45. The molecule has 0 spiro atoms. The van der Waals surface area contributed by atoms with Gasteiger partial charge in [-0.05, 0) is 25.7 Å². The SMILES string of the molecule is C(COCCOCCCC1CO1)CC1CO1. The second-order valence-corrected chi connectivity index (χ2v) is 4.42. The highest BCUT2D eigenvalue weighted by molar-refractivity contribution is 4.68. The van der Waals surface area contributed by atoms with Crippen molar-refractivity contribution in [3.8, 4) is 0 Å². The molecule has 2 atom stereocenters. The second-order valence-electron chi connectivity index (χ2n) is 4.42. The Bertz CT molecular complexity index is 158. The first-order chi connectivity index (χ1) is 7.95. The van der Waals surface area contributed by atoms with Crippen LogP contribution in [0.15, 0.2) is 0 Å². The van der Waals surface area contributed by atoms with Crippen LogP contribution in [0.2, 0.25) is 0 Å². The quantitative estimate of drug-likeness (QED) is 0.397. The highest BCUT2D eigenvalue weighted by atomic mass is 16.6. The molecule has 4 heteroatoms. The van der Waals surface area contributed by atoms with E-state index in [2.05, 4.69) is 0 Å². The van der Waals surface area contributed by atoms with Crippen LogP contribution in [0.5, 0.6) is 0 Å². The summed E-state index contributed by atoms with van der Waals surface area (Å²) in [7, 11) is 0. The normalized spacial score (nSPS) is 27.0. The van der Waals surface area contributed by atoms with Crippen molar-refractivity contribution in [3.05, 3.63) is 0 Å². The third-order valence-electron chi connectivity index (χ3n) is 2.81. The van der Waals surface area contributed by atoms with E-state index in [1.54, 1.807) is 0 Å². The number of ether oxygens (including phenoxy) is 4. The Morgan fingerprint density at radius 2 is 1.19 bits per heavy atom. The van der Waals surface area contributed by atoms with Gasteiger partial charge >= 0.3 is 0 Å². The van der Waals surface area contributed by atoms with Gasteiger partial charge in [-0.25, -0.2) is 0 Å². The third kappa shape index (κ3) is 6.43. The fraction of sp³-hybridized carbons (Fsp3) is 1.00. The van der Waals surface area contributed by atoms with Crippen molar-refractivity contribution in [1.29, 1.82) is 0 Å². The van der Waals surface area contributed by atoms with Crippen LogP contribution in [0.3, 0.4) is 0 Å². The smallest absolute Gasteiger partial charge is 0.0810 e. The van der Waals surface area contributed by atoms with E-state index >= 15 is 0 Å². The molecule has 0 N–H and O–H groups in total. The summed E-state index contributed by atoms with van der Waals surface area (Å²) in [4.78, 5) is 0. The van der Waals surface area contributed by atoms with E-state index in [-0.39, 0.29) is 0 Å². The zero-order valence-electron chi connectivity index (χ0n) is 9.86. The van der Waals surface area contributed by atoms with Gasteiger partial charge in [0.1, 0.15) is 0 Å². The summed E-state index contributed by atoms with van der Waals surface area (Å²) in [6, 6.07) is 0. The molecule has 0 saturated carbocycles. The predicted molar refractivity (Wildman–Crippen MR) is 59.6 cm³/mol. The van der Waals surface area contributed by atoms with Gasteiger partial charge in [-0.1, -0.05) is 0 Å². The summed E-state index contributed by atoms with van der Waals surface area (Å²) in [5.41, 5.74) is 0. The minimum absolute atomic E-state index is 0.532. The molecule has 2 fully saturated rings. The Labute approximate surface area is 97.2 Å². The Kier molecular flexibility index (Phi) is 5.55. The standard InChI is InChI=1S/C12H22O4/c1(3-11-9-15-11)5-13-7-8-14-6-2-4-12-10-16-12/h11-12H,1-10H2. The molecule has 2 heterocycles. The number of hydrogen-bond acceptors (Lipinski definition) is 4. The number of rotatable bonds is 11. The zero-order chi connectivity index (χ0) is 11.1. The Morgan fingerprint density at radius 1 is 0.750 bits per heavy atom. The van der Waals surface area contributed by atoms with Gasteiger partial charge in [0.05, 0.1) is 38.6 Å². The maximum atomic E-state index is 5.45. The Morgan fingerprint density at radius 3 is 1.56 bits per heavy atom. The van der Waals surface area contributed by atoms with Gasteiger partial charge in [0.15, 0.2) is 0 Å². The Balaban J connectivity index is 1.22. The first-order valence-electron chi connectivity index (χ1n) is 6.34. The molecule has 2 saturated heterocycles. The molecule has 0 aliphatic carbocycles. The minimum atomic E-state index is 0.532. The molecular formula is C12H22O4. The van der Waals surface area contributed by atoms with Gasteiger partial charge in [0.2, 0.25) is 0 Å². The molecule has 0 aromatic carbocycles. The van der Waals surface area contributed by atoms with Crippen molar-refractivity contribution in [2.45, 2.75) is 37.9 Å². The molecule has 2 aliphatic heterocycles. The van der Waals surface area contributed by atoms with Crippen LogP contribution in [0.25, 0.3) is 0 Å². The molecular weight excluding hydrogens is 208 g/mol. The molecule has 16 heavy (non-hydrogen) atoms. The van der Waals surface area contributed by atoms with Gasteiger partial charge in [-0.2, -0.15) is 0 Å². The van der Waals surface area contributed by atoms with Crippen LogP contribution >= 0.6 is 0 Å². The van der Waals surface area contributed by atoms with Crippen molar-refractivity contribution in [2.24, 2.45) is 0 Å². The van der Waals surface area contributed by atoms with Gasteiger partial charge in [0, 0.05) is 13.2 Å². The van der Waals surface area contributed by atoms with Crippen LogP contribution in [-0.2, 0) is 18.9 Å². The van der Waals surface area contributed by atoms with Crippen molar-refractivity contribution in [1.82, 2.24) is 0 Å². The fourth-order valence-corrected chi connectivity index (χ4v) is 1.62. The summed E-state index contributed by atoms with van der Waals surface area (Å²) in [6.07, 6.45) is 5.55. The van der Waals surface area contributed by atoms with Crippen LogP contribution in [-0.4, -0.2) is 51.8 Å². The van der Waals surface area contributed by atoms with Gasteiger partial charge in [0.25, 0.3) is 0 Å². The number of epoxide rings is 2. The van der Waals surface area contributed by atoms with Crippen molar-refractivity contribution >= 4 is 0 Å². The van der Waals surface area contributed by atoms with Crippen LogP contribution in [0.4, 0.5) is 0 Å². The highest BCUT2D eigenvalue weighted by Gasteiger charge is 2.21. The van der Waals surface area contributed by atoms with Gasteiger partial charge < -0.3 is 18.9 Å². The van der Waals surface area contributed by atoms with Crippen LogP contribution in [0, 0.1) is 0 Å². The monoisotopic (exact) mass is 230 g/mol. The molecule has 0 amide bonds. The lowest BCUT2D eigenvalue weighted by molar-refractivity contribution is 0.0442. The molecule has 0 radical (unpaired) electrons. The van der Waals surface area contributed by atoms with E-state index in [4.69, 9.17) is 18.9 Å². The van der Waals surface area contributed by atoms with Crippen LogP contribution in [0.1, 0.15) is 25.7 Å². The van der Waals surface area contributed by atoms with Crippen LogP contribution < -0.4 is 0 Å². The predicted octanol–water partition coefficient (Wildman–Crippen LogP) is 1.38. The third-order valence-corrected chi connectivity index (χ3v) is 2.81. The molecule has 2 aliphatic rings. The van der Waals surface area contributed by atoms with E-state index in [9.17, 15) is 0 Å². The highest BCUT2D eigenvalue weighted by Crippen LogP contribution is 2.15. The summed E-state index contributed by atoms with van der Waals surface area (Å²) in [6.45, 7) is 5.00. The molecule has 2 unspecified atom stereocenters. The molecule has 0 bridgehead atoms. The van der Waals surface area contributed by atoms with E-state index in [1.807, 2.05) is 0 Å². The molecule has 94 valence electrons. The number of hydrogen-bond donors (Lipinski definition) is 0. The Hall–Kier alpha value is -0.160. The summed E-state index contributed by atoms with van der Waals surface area (Å²) in [5, 5.41) is 0. The minimum Gasteiger partial charge on any atom is -0.379 e. The first kappa shape index (κ1) is 12.3. The van der Waals surface area contributed by atoms with E-state index in [1.165, 1.54) is 0 Å². The van der Waals surface area contributed by atoms with Crippen molar-refractivity contribution in [2.75, 3.05) is 39.6 Å². The molecule has 0 aromatic rings. The zero-order valence-corrected chi connectivity index (χ0v) is 9.86. The van der Waals surface area contributed by atoms with Gasteiger partial charge in [-0.15, -0.1) is 0 Å². The lowest BCUT2D eigenvalue weighted by Gasteiger charge is -2.04. The summed E-state index contributed by atoms with van der Waals surface area (Å²) >= 11 is 0. The molecule has 2 rings (SSSR count). The lowest BCUT2D eigenvalue weighted by Crippen LogP contribution is -2.07. The fourth-order valence-electron chi connectivity index (χ4n) is 1.62. The lowest BCUT2D eigenvalue weighted by atomic mass is 10.2. The molecule has 4 nitrogen and oxygen atoms in total. The van der Waals surface area contributed by atoms with E-state index < -0.39 is 0 Å². The average Bonchev–Trinajstić information content (AvgIpc) is 3.14. The second kappa shape index (κ2) is 7.22. The maximum Gasteiger partial charge on any atom is 0.0810 e. The summed E-state index contributed by atoms with van der Waals surface area (Å²) < 4.78 is 21.1. The largest absolute Gasteiger partial charge is 0.379 e. The summed E-state index contributed by atoms with van der Waals surface area (Å²) in [5.74, 6) is 0. The van der Waals surface area contributed by atoms with E-state index in [0.717, 1.165) is 52.1 Å². The first-order valence-corrected chi connectivity index (χ1v) is 6.34. The molecule has 0 aromatic heterocycles. The van der Waals surface area contributed by atoms with Crippen molar-refractivity contribution < 1.29 is 18.9 Å². The van der Waals surface area contributed by atoms with E-state index in [0.29, 0.717) is 25.4 Å². The topological polar surface area (TPSA) is 43.5 Å². The average molecular weight is 230 g/mol. The van der Waals surface area contributed by atoms with Crippen molar-refractivity contribution in [3.63, 3.8) is 0 Å².